The van der Waals surface area contributed by atoms with E-state index in [9.17, 15) is 14.4 Å². The van der Waals surface area contributed by atoms with Gasteiger partial charge in [-0.05, 0) is 61.3 Å². The van der Waals surface area contributed by atoms with Crippen molar-refractivity contribution in [3.05, 3.63) is 54.0 Å². The van der Waals surface area contributed by atoms with Crippen LogP contribution >= 0.6 is 0 Å². The highest BCUT2D eigenvalue weighted by Crippen LogP contribution is 2.40. The number of nitrogens with one attached hydrogen (secondary N) is 3. The first-order valence-corrected chi connectivity index (χ1v) is 11.3. The molecule has 1 aliphatic rings. The summed E-state index contributed by atoms with van der Waals surface area (Å²) in [5.74, 6) is -0.548. The fourth-order valence-electron chi connectivity index (χ4n) is 4.20. The number of rotatable bonds is 7. The Morgan fingerprint density at radius 2 is 1.72 bits per heavy atom. The molecule has 0 unspecified atom stereocenters. The van der Waals surface area contributed by atoms with Crippen LogP contribution in [0.1, 0.15) is 69.0 Å². The van der Waals surface area contributed by atoms with E-state index in [1.165, 1.54) is 6.26 Å². The summed E-state index contributed by atoms with van der Waals surface area (Å²) >= 11 is 0. The molecule has 1 saturated carbocycles. The van der Waals surface area contributed by atoms with Crippen LogP contribution in [0.2, 0.25) is 0 Å². The maximum atomic E-state index is 12.6. The van der Waals surface area contributed by atoms with Crippen LogP contribution in [-0.2, 0) is 16.1 Å². The molecule has 0 radical (unpaired) electrons. The van der Waals surface area contributed by atoms with Crippen molar-refractivity contribution in [2.75, 3.05) is 5.32 Å². The summed E-state index contributed by atoms with van der Waals surface area (Å²) < 4.78 is 5.21. The predicted octanol–water partition coefficient (Wildman–Crippen LogP) is 4.26. The lowest BCUT2D eigenvalue weighted by molar-refractivity contribution is -0.136. The van der Waals surface area contributed by atoms with Crippen molar-refractivity contribution in [2.24, 2.45) is 11.3 Å². The molecule has 3 rings (SSSR count). The minimum Gasteiger partial charge on any atom is -0.467 e. The second kappa shape index (κ2) is 10.5. The first kappa shape index (κ1) is 23.6. The monoisotopic (exact) mass is 439 g/mol. The third kappa shape index (κ3) is 5.99. The quantitative estimate of drug-likeness (QED) is 0.561. The lowest BCUT2D eigenvalue weighted by Gasteiger charge is -2.39. The highest BCUT2D eigenvalue weighted by atomic mass is 16.3. The Morgan fingerprint density at radius 3 is 2.38 bits per heavy atom. The summed E-state index contributed by atoms with van der Waals surface area (Å²) in [6.45, 7) is 7.04. The molecule has 1 aromatic carbocycles. The number of amides is 3. The van der Waals surface area contributed by atoms with Crippen LogP contribution in [0.5, 0.6) is 0 Å². The first-order valence-electron chi connectivity index (χ1n) is 11.3. The maximum Gasteiger partial charge on any atom is 0.313 e. The van der Waals surface area contributed by atoms with Crippen molar-refractivity contribution in [3.8, 4) is 0 Å². The first-order chi connectivity index (χ1) is 15.3. The van der Waals surface area contributed by atoms with Gasteiger partial charge in [0.05, 0.1) is 24.1 Å². The van der Waals surface area contributed by atoms with E-state index >= 15 is 0 Å². The molecule has 1 fully saturated rings. The van der Waals surface area contributed by atoms with Gasteiger partial charge in [0.15, 0.2) is 0 Å². The molecule has 1 aliphatic carbocycles. The minimum absolute atomic E-state index is 0.00370. The van der Waals surface area contributed by atoms with Crippen LogP contribution in [0.25, 0.3) is 0 Å². The van der Waals surface area contributed by atoms with Gasteiger partial charge >= 0.3 is 11.8 Å². The molecule has 0 bridgehead atoms. The van der Waals surface area contributed by atoms with E-state index in [1.807, 2.05) is 0 Å². The highest BCUT2D eigenvalue weighted by molar-refractivity contribution is 6.40. The zero-order chi connectivity index (χ0) is 23.1. The zero-order valence-corrected chi connectivity index (χ0v) is 19.1. The number of hydrogen-bond acceptors (Lipinski definition) is 4. The Balaban J connectivity index is 1.53. The van der Waals surface area contributed by atoms with E-state index < -0.39 is 11.8 Å². The van der Waals surface area contributed by atoms with Crippen molar-refractivity contribution < 1.29 is 18.8 Å². The Bertz CT molecular complexity index is 928. The minimum atomic E-state index is -0.771. The van der Waals surface area contributed by atoms with Crippen LogP contribution in [0.3, 0.4) is 0 Å². The fourth-order valence-corrected chi connectivity index (χ4v) is 4.20. The summed E-state index contributed by atoms with van der Waals surface area (Å²) in [6.07, 6.45) is 6.51. The zero-order valence-electron chi connectivity index (χ0n) is 19.1. The van der Waals surface area contributed by atoms with Crippen molar-refractivity contribution >= 4 is 23.4 Å². The van der Waals surface area contributed by atoms with Crippen LogP contribution in [-0.4, -0.2) is 23.8 Å². The molecule has 3 N–H and O–H groups in total. The number of anilines is 1. The predicted molar refractivity (Wildman–Crippen MR) is 123 cm³/mol. The van der Waals surface area contributed by atoms with Gasteiger partial charge in [-0.15, -0.1) is 0 Å². The summed E-state index contributed by atoms with van der Waals surface area (Å²) in [7, 11) is 0. The molecule has 32 heavy (non-hydrogen) atoms. The van der Waals surface area contributed by atoms with Crippen LogP contribution in [0.4, 0.5) is 5.69 Å². The topological polar surface area (TPSA) is 100 Å². The molecule has 0 aliphatic heterocycles. The molecule has 3 amide bonds. The van der Waals surface area contributed by atoms with Crippen LogP contribution in [0.15, 0.2) is 47.1 Å². The van der Waals surface area contributed by atoms with Gasteiger partial charge in [0.25, 0.3) is 5.91 Å². The average molecular weight is 440 g/mol. The van der Waals surface area contributed by atoms with E-state index in [4.69, 9.17) is 4.42 Å². The van der Waals surface area contributed by atoms with Gasteiger partial charge < -0.3 is 20.4 Å². The molecule has 7 heteroatoms. The molecule has 172 valence electrons. The van der Waals surface area contributed by atoms with Gasteiger partial charge in [-0.2, -0.15) is 0 Å². The van der Waals surface area contributed by atoms with E-state index in [0.29, 0.717) is 17.1 Å². The highest BCUT2D eigenvalue weighted by Gasteiger charge is 2.32. The summed E-state index contributed by atoms with van der Waals surface area (Å²) in [5.41, 5.74) is 0.869. The van der Waals surface area contributed by atoms with Crippen molar-refractivity contribution in [1.29, 1.82) is 0 Å². The van der Waals surface area contributed by atoms with Crippen molar-refractivity contribution in [3.63, 3.8) is 0 Å². The molecule has 2 aromatic rings. The standard InChI is InChI=1S/C25H33N3O4/c1-4-25(2,3)17-11-13-18(14-12-17)27-23(30)24(31)28-21-10-6-5-9-20(21)22(29)26-16-19-8-7-15-32-19/h5-10,15,17-18H,4,11-14,16H2,1-3H3,(H,26,29)(H,27,30)(H,28,31). The summed E-state index contributed by atoms with van der Waals surface area (Å²) in [4.78, 5) is 37.5. The number of para-hydroxylation sites is 1. The Labute approximate surface area is 189 Å². The Morgan fingerprint density at radius 1 is 1.00 bits per heavy atom. The Hall–Kier alpha value is -3.09. The normalized spacial score (nSPS) is 18.6. The number of benzene rings is 1. The van der Waals surface area contributed by atoms with Crippen LogP contribution < -0.4 is 16.0 Å². The van der Waals surface area contributed by atoms with Gasteiger partial charge in [-0.1, -0.05) is 39.3 Å². The molecule has 7 nitrogen and oxygen atoms in total. The van der Waals surface area contributed by atoms with Crippen molar-refractivity contribution in [1.82, 2.24) is 10.6 Å². The second-order valence-corrected chi connectivity index (χ2v) is 9.13. The third-order valence-corrected chi connectivity index (χ3v) is 6.71. The number of carbonyl (C=O) groups excluding carboxylic acids is 3. The molecule has 1 aromatic heterocycles. The van der Waals surface area contributed by atoms with Crippen molar-refractivity contribution in [2.45, 2.75) is 65.5 Å². The third-order valence-electron chi connectivity index (χ3n) is 6.71. The van der Waals surface area contributed by atoms with Crippen LogP contribution in [0, 0.1) is 11.3 Å². The average Bonchev–Trinajstić information content (AvgIpc) is 3.32. The summed E-state index contributed by atoms with van der Waals surface area (Å²) in [6, 6.07) is 10.1. The largest absolute Gasteiger partial charge is 0.467 e. The van der Waals surface area contributed by atoms with Gasteiger partial charge in [0.1, 0.15) is 5.76 Å². The van der Waals surface area contributed by atoms with Gasteiger partial charge in [-0.3, -0.25) is 14.4 Å². The maximum absolute atomic E-state index is 12.6. The van der Waals surface area contributed by atoms with E-state index in [-0.39, 0.29) is 29.7 Å². The lowest BCUT2D eigenvalue weighted by Crippen LogP contribution is -2.44. The smallest absolute Gasteiger partial charge is 0.313 e. The Kier molecular flexibility index (Phi) is 7.72. The molecular formula is C25H33N3O4. The van der Waals surface area contributed by atoms with E-state index in [1.54, 1.807) is 36.4 Å². The molecular weight excluding hydrogens is 406 g/mol. The molecule has 0 atom stereocenters. The lowest BCUT2D eigenvalue weighted by atomic mass is 9.69. The van der Waals surface area contributed by atoms with Gasteiger partial charge in [0.2, 0.25) is 0 Å². The second-order valence-electron chi connectivity index (χ2n) is 9.13. The fraction of sp³-hybridized carbons (Fsp3) is 0.480. The molecule has 1 heterocycles. The number of hydrogen-bond donors (Lipinski definition) is 3. The van der Waals surface area contributed by atoms with Gasteiger partial charge in [0, 0.05) is 6.04 Å². The SMILES string of the molecule is CCC(C)(C)C1CCC(NC(=O)C(=O)Nc2ccccc2C(=O)NCc2ccco2)CC1. The van der Waals surface area contributed by atoms with E-state index in [2.05, 4.69) is 36.7 Å². The molecule has 0 spiro atoms. The van der Waals surface area contributed by atoms with E-state index in [0.717, 1.165) is 32.1 Å². The number of carbonyl (C=O) groups is 3. The molecule has 0 saturated heterocycles. The number of furan rings is 1. The van der Waals surface area contributed by atoms with Gasteiger partial charge in [-0.25, -0.2) is 0 Å². The summed E-state index contributed by atoms with van der Waals surface area (Å²) in [5, 5.41) is 8.18.